The third kappa shape index (κ3) is 5.89. The molecule has 1 fully saturated rings. The fourth-order valence-electron chi connectivity index (χ4n) is 4.70. The summed E-state index contributed by atoms with van der Waals surface area (Å²) in [5.41, 5.74) is 4.06. The van der Waals surface area contributed by atoms with Gasteiger partial charge in [0.2, 0.25) is 5.03 Å². The van der Waals surface area contributed by atoms with E-state index in [-0.39, 0.29) is 23.4 Å². The van der Waals surface area contributed by atoms with Gasteiger partial charge >= 0.3 is 0 Å². The largest absolute Gasteiger partial charge is 0.355 e. The van der Waals surface area contributed by atoms with E-state index < -0.39 is 10.0 Å². The Morgan fingerprint density at radius 3 is 2.57 bits per heavy atom. The van der Waals surface area contributed by atoms with Crippen LogP contribution in [0.5, 0.6) is 0 Å². The Bertz CT molecular complexity index is 1360. The summed E-state index contributed by atoms with van der Waals surface area (Å²) in [5.74, 6) is 0.0840. The lowest BCUT2D eigenvalue weighted by Crippen LogP contribution is -2.51. The first kappa shape index (κ1) is 26.9. The lowest BCUT2D eigenvalue weighted by molar-refractivity contribution is 0.104. The van der Waals surface area contributed by atoms with Gasteiger partial charge in [0.15, 0.2) is 0 Å². The molecule has 1 saturated heterocycles. The van der Waals surface area contributed by atoms with Crippen LogP contribution in [0.15, 0.2) is 47.6 Å². The van der Waals surface area contributed by atoms with Crippen LogP contribution in [0.25, 0.3) is 0 Å². The normalized spacial score (nSPS) is 17.3. The second-order valence-corrected chi connectivity index (χ2v) is 11.6. The molecule has 1 aliphatic heterocycles. The predicted molar refractivity (Wildman–Crippen MR) is 142 cm³/mol. The molecule has 1 aliphatic rings. The molecule has 0 bridgehead atoms. The number of nitrogens with zero attached hydrogens (tertiary/aromatic N) is 5. The first-order chi connectivity index (χ1) is 17.6. The molecule has 0 spiro atoms. The molecule has 4 rings (SSSR count). The molecular formula is C26H34FN7O2S. The summed E-state index contributed by atoms with van der Waals surface area (Å²) >= 11 is 0. The third-order valence-electron chi connectivity index (χ3n) is 6.53. The molecule has 37 heavy (non-hydrogen) atoms. The van der Waals surface area contributed by atoms with Gasteiger partial charge in [0.25, 0.3) is 10.0 Å². The Morgan fingerprint density at radius 1 is 1.22 bits per heavy atom. The highest BCUT2D eigenvalue weighted by molar-refractivity contribution is 7.89. The van der Waals surface area contributed by atoms with Gasteiger partial charge in [-0.2, -0.15) is 14.2 Å². The molecule has 2 heterocycles. The van der Waals surface area contributed by atoms with Crippen LogP contribution >= 0.6 is 0 Å². The number of halogens is 1. The summed E-state index contributed by atoms with van der Waals surface area (Å²) in [5, 5.41) is 19.5. The Morgan fingerprint density at radius 2 is 1.95 bits per heavy atom. The highest BCUT2D eigenvalue weighted by Gasteiger charge is 2.37. The number of nitrogens with one attached hydrogen (secondary N) is 2. The molecule has 2 aromatic carbocycles. The van der Waals surface area contributed by atoms with Crippen molar-refractivity contribution in [3.8, 4) is 0 Å². The zero-order valence-electron chi connectivity index (χ0n) is 21.6. The van der Waals surface area contributed by atoms with E-state index >= 15 is 0 Å². The quantitative estimate of drug-likeness (QED) is 0.404. The topological polar surface area (TPSA) is 107 Å². The van der Waals surface area contributed by atoms with E-state index in [2.05, 4.69) is 34.3 Å². The molecule has 198 valence electrons. The van der Waals surface area contributed by atoms with Gasteiger partial charge < -0.3 is 10.7 Å². The fraction of sp³-hybridized carbons (Fsp3) is 0.423. The number of piperazine rings is 1. The van der Waals surface area contributed by atoms with E-state index in [4.69, 9.17) is 5.41 Å². The first-order valence-electron chi connectivity index (χ1n) is 12.4. The van der Waals surface area contributed by atoms with E-state index in [9.17, 15) is 12.8 Å². The number of aromatic nitrogens is 3. The van der Waals surface area contributed by atoms with E-state index in [0.29, 0.717) is 36.8 Å². The first-order valence-corrected chi connectivity index (χ1v) is 13.9. The van der Waals surface area contributed by atoms with Crippen molar-refractivity contribution in [2.45, 2.75) is 45.3 Å². The SMILES string of the molecule is CCn1ncc(S(=O)(=O)N2CCN(CC(C)C)C(c3cc(C=N)c(Nc4ccc(F)cc4)cc3C)C2)n1. The molecule has 3 aromatic rings. The number of hydrogen-bond donors (Lipinski definition) is 2. The zero-order valence-corrected chi connectivity index (χ0v) is 22.5. The van der Waals surface area contributed by atoms with Crippen LogP contribution in [0, 0.1) is 24.1 Å². The van der Waals surface area contributed by atoms with Crippen molar-refractivity contribution in [1.29, 1.82) is 5.41 Å². The van der Waals surface area contributed by atoms with Crippen molar-refractivity contribution in [2.75, 3.05) is 31.5 Å². The van der Waals surface area contributed by atoms with Crippen LogP contribution in [0.2, 0.25) is 0 Å². The number of hydrogen-bond acceptors (Lipinski definition) is 7. The maximum atomic E-state index is 13.4. The average Bonchev–Trinajstić information content (AvgIpc) is 3.36. The Balaban J connectivity index is 1.68. The van der Waals surface area contributed by atoms with E-state index in [1.165, 1.54) is 33.6 Å². The minimum absolute atomic E-state index is 0.0406. The number of aryl methyl sites for hydroxylation is 2. The van der Waals surface area contributed by atoms with Crippen molar-refractivity contribution in [3.63, 3.8) is 0 Å². The van der Waals surface area contributed by atoms with Gasteiger partial charge in [-0.15, -0.1) is 5.10 Å². The van der Waals surface area contributed by atoms with Crippen LogP contribution in [0.4, 0.5) is 15.8 Å². The molecule has 1 unspecified atom stereocenters. The molecule has 0 saturated carbocycles. The van der Waals surface area contributed by atoms with Gasteiger partial charge in [-0.1, -0.05) is 13.8 Å². The Labute approximate surface area is 217 Å². The molecule has 0 amide bonds. The summed E-state index contributed by atoms with van der Waals surface area (Å²) in [7, 11) is -3.80. The summed E-state index contributed by atoms with van der Waals surface area (Å²) in [6, 6.07) is 9.79. The monoisotopic (exact) mass is 527 g/mol. The highest BCUT2D eigenvalue weighted by atomic mass is 32.2. The molecule has 9 nitrogen and oxygen atoms in total. The van der Waals surface area contributed by atoms with E-state index in [1.807, 2.05) is 26.0 Å². The fourth-order valence-corrected chi connectivity index (χ4v) is 6.00. The molecular weight excluding hydrogens is 493 g/mol. The third-order valence-corrected chi connectivity index (χ3v) is 8.26. The van der Waals surface area contributed by atoms with Crippen molar-refractivity contribution >= 4 is 27.6 Å². The number of benzene rings is 2. The van der Waals surface area contributed by atoms with E-state index in [1.54, 1.807) is 12.1 Å². The smallest absolute Gasteiger partial charge is 0.264 e. The van der Waals surface area contributed by atoms with Crippen molar-refractivity contribution in [2.24, 2.45) is 5.92 Å². The lowest BCUT2D eigenvalue weighted by Gasteiger charge is -2.42. The van der Waals surface area contributed by atoms with Gasteiger partial charge in [0.1, 0.15) is 5.82 Å². The van der Waals surface area contributed by atoms with Gasteiger partial charge in [0.05, 0.1) is 12.7 Å². The molecule has 11 heteroatoms. The van der Waals surface area contributed by atoms with Crippen LogP contribution in [-0.4, -0.2) is 65.0 Å². The van der Waals surface area contributed by atoms with Gasteiger partial charge in [-0.25, -0.2) is 12.8 Å². The number of sulfonamides is 1. The predicted octanol–water partition coefficient (Wildman–Crippen LogP) is 4.19. The van der Waals surface area contributed by atoms with E-state index in [0.717, 1.165) is 23.4 Å². The van der Waals surface area contributed by atoms with Gasteiger partial charge in [-0.05, 0) is 67.3 Å². The average molecular weight is 528 g/mol. The maximum absolute atomic E-state index is 13.4. The van der Waals surface area contributed by atoms with Crippen molar-refractivity contribution < 1.29 is 12.8 Å². The molecule has 2 N–H and O–H groups in total. The summed E-state index contributed by atoms with van der Waals surface area (Å²) < 4.78 is 41.7. The Hall–Kier alpha value is -3.15. The van der Waals surface area contributed by atoms with Crippen LogP contribution < -0.4 is 5.32 Å². The number of rotatable bonds is 9. The standard InChI is InChI=1S/C26H34FN7O2S/c1-5-34-29-15-26(31-34)37(35,36)33-11-10-32(16-18(2)3)25(17-33)23-13-20(14-28)24(12-19(23)4)30-22-8-6-21(27)7-9-22/h6-9,12-15,18,25,28,30H,5,10-11,16-17H2,1-4H3. The molecule has 0 aliphatic carbocycles. The minimum atomic E-state index is -3.80. The Kier molecular flexibility index (Phi) is 8.05. The minimum Gasteiger partial charge on any atom is -0.355 e. The molecule has 1 atom stereocenters. The van der Waals surface area contributed by atoms with Crippen LogP contribution in [-0.2, 0) is 16.6 Å². The second kappa shape index (κ2) is 11.1. The lowest BCUT2D eigenvalue weighted by atomic mass is 9.94. The molecule has 0 radical (unpaired) electrons. The van der Waals surface area contributed by atoms with Crippen molar-refractivity contribution in [3.05, 3.63) is 65.1 Å². The summed E-state index contributed by atoms with van der Waals surface area (Å²) in [4.78, 5) is 3.69. The zero-order chi connectivity index (χ0) is 26.7. The summed E-state index contributed by atoms with van der Waals surface area (Å²) in [6.45, 7) is 10.7. The van der Waals surface area contributed by atoms with Crippen LogP contribution in [0.3, 0.4) is 0 Å². The van der Waals surface area contributed by atoms with Crippen LogP contribution in [0.1, 0.15) is 43.5 Å². The van der Waals surface area contributed by atoms with Crippen molar-refractivity contribution in [1.82, 2.24) is 24.2 Å². The molecule has 1 aromatic heterocycles. The number of anilines is 2. The maximum Gasteiger partial charge on any atom is 0.264 e. The highest BCUT2D eigenvalue weighted by Crippen LogP contribution is 2.34. The van der Waals surface area contributed by atoms with Gasteiger partial charge in [-0.3, -0.25) is 4.90 Å². The second-order valence-electron chi connectivity index (χ2n) is 9.71. The van der Waals surface area contributed by atoms with Gasteiger partial charge in [0, 0.05) is 55.4 Å². The summed E-state index contributed by atoms with van der Waals surface area (Å²) in [6.07, 6.45) is 2.59.